The largest absolute Gasteiger partial charge is 0.496 e. The van der Waals surface area contributed by atoms with Crippen LogP contribution in [-0.2, 0) is 6.54 Å². The van der Waals surface area contributed by atoms with Crippen molar-refractivity contribution in [3.63, 3.8) is 0 Å². The van der Waals surface area contributed by atoms with Crippen LogP contribution < -0.4 is 15.6 Å². The third-order valence-corrected chi connectivity index (χ3v) is 3.97. The minimum absolute atomic E-state index is 0.166. The Morgan fingerprint density at radius 2 is 1.92 bits per heavy atom. The summed E-state index contributed by atoms with van der Waals surface area (Å²) in [6, 6.07) is 13.0. The second kappa shape index (κ2) is 7.61. The first kappa shape index (κ1) is 16.7. The van der Waals surface area contributed by atoms with Gasteiger partial charge in [0.1, 0.15) is 5.75 Å². The van der Waals surface area contributed by atoms with Gasteiger partial charge in [0.15, 0.2) is 5.82 Å². The Hall–Kier alpha value is -3.15. The van der Waals surface area contributed by atoms with Crippen molar-refractivity contribution >= 4 is 5.82 Å². The van der Waals surface area contributed by atoms with Crippen molar-refractivity contribution in [2.45, 2.75) is 19.5 Å². The van der Waals surface area contributed by atoms with Crippen LogP contribution in [0.2, 0.25) is 0 Å². The number of hydrogen-bond acceptors (Lipinski definition) is 5. The van der Waals surface area contributed by atoms with E-state index in [9.17, 15) is 4.79 Å². The third-order valence-electron chi connectivity index (χ3n) is 3.97. The van der Waals surface area contributed by atoms with Crippen LogP contribution in [0.4, 0.5) is 5.82 Å². The van der Waals surface area contributed by atoms with Gasteiger partial charge in [0, 0.05) is 30.7 Å². The number of aromatic nitrogens is 3. The predicted octanol–water partition coefficient (Wildman–Crippen LogP) is 2.87. The number of anilines is 1. The number of rotatable bonds is 6. The van der Waals surface area contributed by atoms with Gasteiger partial charge in [-0.05, 0) is 25.1 Å². The van der Waals surface area contributed by atoms with E-state index in [0.717, 1.165) is 17.0 Å². The van der Waals surface area contributed by atoms with Crippen molar-refractivity contribution in [1.82, 2.24) is 14.5 Å². The maximum absolute atomic E-state index is 12.5. The fourth-order valence-electron chi connectivity index (χ4n) is 2.69. The number of pyridine rings is 1. The fourth-order valence-corrected chi connectivity index (χ4v) is 2.69. The Kier molecular flexibility index (Phi) is 5.09. The summed E-state index contributed by atoms with van der Waals surface area (Å²) in [5.41, 5.74) is 1.50. The Morgan fingerprint density at radius 3 is 2.64 bits per heavy atom. The van der Waals surface area contributed by atoms with Crippen LogP contribution in [0.25, 0.3) is 0 Å². The molecule has 0 saturated heterocycles. The predicted molar refractivity (Wildman–Crippen MR) is 96.9 cm³/mol. The summed E-state index contributed by atoms with van der Waals surface area (Å²) >= 11 is 0. The molecule has 0 spiro atoms. The SMILES string of the molecule is CCn1ccnc(N[C@@H](c2ccccn2)c2ccccc2OC)c1=O. The Labute approximate surface area is 146 Å². The second-order valence-electron chi connectivity index (χ2n) is 5.44. The van der Waals surface area contributed by atoms with Crippen molar-refractivity contribution in [3.8, 4) is 5.75 Å². The van der Waals surface area contributed by atoms with Gasteiger partial charge in [-0.1, -0.05) is 24.3 Å². The van der Waals surface area contributed by atoms with E-state index >= 15 is 0 Å². The Morgan fingerprint density at radius 1 is 1.12 bits per heavy atom. The molecule has 2 aromatic heterocycles. The number of nitrogens with one attached hydrogen (secondary N) is 1. The van der Waals surface area contributed by atoms with Crippen LogP contribution in [-0.4, -0.2) is 21.6 Å². The minimum Gasteiger partial charge on any atom is -0.496 e. The molecule has 0 unspecified atom stereocenters. The van der Waals surface area contributed by atoms with Gasteiger partial charge in [0.05, 0.1) is 18.8 Å². The molecule has 6 heteroatoms. The molecule has 1 aromatic carbocycles. The first-order chi connectivity index (χ1) is 12.2. The first-order valence-corrected chi connectivity index (χ1v) is 8.10. The van der Waals surface area contributed by atoms with Crippen molar-refractivity contribution < 1.29 is 4.74 Å². The van der Waals surface area contributed by atoms with Gasteiger partial charge in [-0.2, -0.15) is 0 Å². The molecule has 0 aliphatic rings. The molecular weight excluding hydrogens is 316 g/mol. The van der Waals surface area contributed by atoms with Gasteiger partial charge in [0.2, 0.25) is 0 Å². The van der Waals surface area contributed by atoms with Gasteiger partial charge >= 0.3 is 0 Å². The zero-order chi connectivity index (χ0) is 17.6. The van der Waals surface area contributed by atoms with Crippen molar-refractivity contribution in [2.24, 2.45) is 0 Å². The Bertz CT molecular complexity index is 893. The number of methoxy groups -OCH3 is 1. The van der Waals surface area contributed by atoms with Crippen LogP contribution in [0, 0.1) is 0 Å². The van der Waals surface area contributed by atoms with Crippen molar-refractivity contribution in [2.75, 3.05) is 12.4 Å². The van der Waals surface area contributed by atoms with Gasteiger partial charge in [-0.3, -0.25) is 9.78 Å². The normalized spacial score (nSPS) is 11.8. The molecule has 6 nitrogen and oxygen atoms in total. The van der Waals surface area contributed by atoms with Gasteiger partial charge in [-0.25, -0.2) is 4.98 Å². The topological polar surface area (TPSA) is 69.0 Å². The molecule has 0 aliphatic carbocycles. The first-order valence-electron chi connectivity index (χ1n) is 8.10. The molecule has 0 fully saturated rings. The van der Waals surface area contributed by atoms with E-state index in [2.05, 4.69) is 15.3 Å². The standard InChI is InChI=1S/C19H20N4O2/c1-3-23-13-12-21-18(19(23)24)22-17(15-9-6-7-11-20-15)14-8-4-5-10-16(14)25-2/h4-13,17H,3H2,1-2H3,(H,21,22)/t17-/m1/s1. The molecule has 3 rings (SSSR count). The number of ether oxygens (including phenoxy) is 1. The summed E-state index contributed by atoms with van der Waals surface area (Å²) in [5, 5.41) is 3.24. The monoisotopic (exact) mass is 336 g/mol. The van der Waals surface area contributed by atoms with Gasteiger partial charge in [-0.15, -0.1) is 0 Å². The summed E-state index contributed by atoms with van der Waals surface area (Å²) in [4.78, 5) is 21.2. The molecule has 0 saturated carbocycles. The minimum atomic E-state index is -0.356. The van der Waals surface area contributed by atoms with Crippen LogP contribution >= 0.6 is 0 Å². The molecule has 0 amide bonds. The van der Waals surface area contributed by atoms with E-state index in [-0.39, 0.29) is 17.4 Å². The molecule has 0 radical (unpaired) electrons. The number of nitrogens with zero attached hydrogens (tertiary/aromatic N) is 3. The number of hydrogen-bond donors (Lipinski definition) is 1. The second-order valence-corrected chi connectivity index (χ2v) is 5.44. The molecule has 1 atom stereocenters. The quantitative estimate of drug-likeness (QED) is 0.749. The van der Waals surface area contributed by atoms with Crippen LogP contribution in [0.3, 0.4) is 0 Å². The van der Waals surface area contributed by atoms with Crippen molar-refractivity contribution in [3.05, 3.63) is 82.7 Å². The van der Waals surface area contributed by atoms with E-state index in [1.807, 2.05) is 49.4 Å². The lowest BCUT2D eigenvalue weighted by Gasteiger charge is -2.21. The summed E-state index contributed by atoms with van der Waals surface area (Å²) < 4.78 is 7.09. The summed E-state index contributed by atoms with van der Waals surface area (Å²) in [7, 11) is 1.62. The molecule has 25 heavy (non-hydrogen) atoms. The molecular formula is C19H20N4O2. The average molecular weight is 336 g/mol. The molecule has 0 aliphatic heterocycles. The maximum atomic E-state index is 12.5. The lowest BCUT2D eigenvalue weighted by molar-refractivity contribution is 0.408. The average Bonchev–Trinajstić information content (AvgIpc) is 2.68. The van der Waals surface area contributed by atoms with Crippen LogP contribution in [0.5, 0.6) is 5.75 Å². The molecule has 128 valence electrons. The summed E-state index contributed by atoms with van der Waals surface area (Å²) in [6.07, 6.45) is 5.01. The van der Waals surface area contributed by atoms with Gasteiger partial charge in [0.25, 0.3) is 5.56 Å². The van der Waals surface area contributed by atoms with Crippen LogP contribution in [0.15, 0.2) is 65.8 Å². The highest BCUT2D eigenvalue weighted by Crippen LogP contribution is 2.30. The lowest BCUT2D eigenvalue weighted by atomic mass is 10.0. The highest BCUT2D eigenvalue weighted by Gasteiger charge is 2.21. The smallest absolute Gasteiger partial charge is 0.293 e. The molecule has 2 heterocycles. The molecule has 0 bridgehead atoms. The van der Waals surface area contributed by atoms with E-state index in [4.69, 9.17) is 4.74 Å². The molecule has 1 N–H and O–H groups in total. The van der Waals surface area contributed by atoms with Crippen molar-refractivity contribution in [1.29, 1.82) is 0 Å². The number of para-hydroxylation sites is 1. The third kappa shape index (κ3) is 3.52. The highest BCUT2D eigenvalue weighted by atomic mass is 16.5. The fraction of sp³-hybridized carbons (Fsp3) is 0.211. The molecule has 3 aromatic rings. The van der Waals surface area contributed by atoms with E-state index < -0.39 is 0 Å². The number of aryl methyl sites for hydroxylation is 1. The Balaban J connectivity index is 2.09. The van der Waals surface area contributed by atoms with E-state index in [1.165, 1.54) is 0 Å². The van der Waals surface area contributed by atoms with Crippen LogP contribution in [0.1, 0.15) is 24.2 Å². The zero-order valence-electron chi connectivity index (χ0n) is 14.2. The van der Waals surface area contributed by atoms with E-state index in [1.54, 1.807) is 30.3 Å². The summed E-state index contributed by atoms with van der Waals surface area (Å²) in [5.74, 6) is 1.00. The highest BCUT2D eigenvalue weighted by molar-refractivity contribution is 5.46. The van der Waals surface area contributed by atoms with E-state index in [0.29, 0.717) is 6.54 Å². The lowest BCUT2D eigenvalue weighted by Crippen LogP contribution is -2.26. The maximum Gasteiger partial charge on any atom is 0.293 e. The summed E-state index contributed by atoms with van der Waals surface area (Å²) in [6.45, 7) is 2.50. The van der Waals surface area contributed by atoms with Gasteiger partial charge < -0.3 is 14.6 Å². The zero-order valence-corrected chi connectivity index (χ0v) is 14.2. The number of benzene rings is 1.